The van der Waals surface area contributed by atoms with Crippen molar-refractivity contribution < 1.29 is 29.0 Å². The molecular formula is C21H29ClN2O6. The van der Waals surface area contributed by atoms with Gasteiger partial charge in [0.05, 0.1) is 24.2 Å². The minimum Gasteiger partial charge on any atom is -0.486 e. The number of hydrogen-bond acceptors (Lipinski definition) is 5. The van der Waals surface area contributed by atoms with E-state index in [1.54, 1.807) is 47.6 Å². The van der Waals surface area contributed by atoms with Gasteiger partial charge in [-0.2, -0.15) is 0 Å². The highest BCUT2D eigenvalue weighted by molar-refractivity contribution is 6.31. The van der Waals surface area contributed by atoms with Crippen LogP contribution in [-0.2, 0) is 9.53 Å². The Morgan fingerprint density at radius 1 is 1.27 bits per heavy atom. The van der Waals surface area contributed by atoms with Crippen LogP contribution in [0, 0.1) is 5.41 Å². The summed E-state index contributed by atoms with van der Waals surface area (Å²) in [6.07, 6.45) is -1.03. The fourth-order valence-corrected chi connectivity index (χ4v) is 3.26. The molecule has 0 bridgehead atoms. The molecule has 2 amide bonds. The number of nitrogens with one attached hydrogen (secondary N) is 1. The number of benzene rings is 1. The molecule has 1 aliphatic rings. The second kappa shape index (κ2) is 8.71. The van der Waals surface area contributed by atoms with Gasteiger partial charge in [-0.1, -0.05) is 25.4 Å². The minimum absolute atomic E-state index is 0.0963. The average Bonchev–Trinajstić information content (AvgIpc) is 2.56. The number of anilines is 1. The van der Waals surface area contributed by atoms with Gasteiger partial charge in [0.2, 0.25) is 0 Å². The predicted molar refractivity (Wildman–Crippen MR) is 113 cm³/mol. The zero-order chi connectivity index (χ0) is 22.9. The summed E-state index contributed by atoms with van der Waals surface area (Å²) in [4.78, 5) is 38.0. The van der Waals surface area contributed by atoms with Crippen molar-refractivity contribution in [3.05, 3.63) is 22.7 Å². The highest BCUT2D eigenvalue weighted by Crippen LogP contribution is 2.40. The number of fused-ring (bicyclic) bond motifs is 1. The summed E-state index contributed by atoms with van der Waals surface area (Å²) in [5.41, 5.74) is -0.807. The van der Waals surface area contributed by atoms with Crippen molar-refractivity contribution >= 4 is 35.3 Å². The largest absolute Gasteiger partial charge is 0.486 e. The molecule has 166 valence electrons. The molecule has 0 aliphatic carbocycles. The van der Waals surface area contributed by atoms with Crippen LogP contribution in [0.15, 0.2) is 12.1 Å². The van der Waals surface area contributed by atoms with E-state index in [1.807, 2.05) is 0 Å². The molecule has 1 unspecified atom stereocenters. The van der Waals surface area contributed by atoms with Crippen LogP contribution in [0.5, 0.6) is 5.75 Å². The molecule has 0 radical (unpaired) electrons. The average molecular weight is 441 g/mol. The molecule has 1 aromatic rings. The van der Waals surface area contributed by atoms with Crippen molar-refractivity contribution in [3.8, 4) is 5.75 Å². The van der Waals surface area contributed by atoms with Gasteiger partial charge in [-0.05, 0) is 45.2 Å². The molecular weight excluding hydrogens is 412 g/mol. The zero-order valence-electron chi connectivity index (χ0n) is 18.2. The van der Waals surface area contributed by atoms with Gasteiger partial charge in [-0.15, -0.1) is 0 Å². The molecule has 0 saturated carbocycles. The molecule has 0 fully saturated rings. The number of carbonyl (C=O) groups is 3. The second-order valence-corrected chi connectivity index (χ2v) is 9.67. The Hall–Kier alpha value is -2.48. The highest BCUT2D eigenvalue weighted by atomic mass is 35.5. The molecule has 1 heterocycles. The highest BCUT2D eigenvalue weighted by Gasteiger charge is 2.34. The van der Waals surface area contributed by atoms with Crippen LogP contribution in [0.25, 0.3) is 0 Å². The summed E-state index contributed by atoms with van der Waals surface area (Å²) in [5.74, 6) is -1.18. The number of rotatable bonds is 5. The predicted octanol–water partition coefficient (Wildman–Crippen LogP) is 4.09. The van der Waals surface area contributed by atoms with Gasteiger partial charge < -0.3 is 19.9 Å². The van der Waals surface area contributed by atoms with E-state index < -0.39 is 29.0 Å². The molecule has 30 heavy (non-hydrogen) atoms. The number of ether oxygens (including phenoxy) is 2. The number of amides is 2. The summed E-state index contributed by atoms with van der Waals surface area (Å²) >= 11 is 6.23. The number of carbonyl (C=O) groups excluding carboxylic acids is 2. The number of aliphatic carboxylic acids is 1. The lowest BCUT2D eigenvalue weighted by atomic mass is 9.89. The summed E-state index contributed by atoms with van der Waals surface area (Å²) in [7, 11) is 0. The van der Waals surface area contributed by atoms with Gasteiger partial charge in [0.15, 0.2) is 5.75 Å². The first-order valence-electron chi connectivity index (χ1n) is 9.69. The minimum atomic E-state index is -0.945. The van der Waals surface area contributed by atoms with Crippen molar-refractivity contribution in [3.63, 3.8) is 0 Å². The lowest BCUT2D eigenvalue weighted by Gasteiger charge is -2.35. The van der Waals surface area contributed by atoms with Gasteiger partial charge in [0.25, 0.3) is 5.91 Å². The topological polar surface area (TPSA) is 105 Å². The monoisotopic (exact) mass is 440 g/mol. The molecule has 2 N–H and O–H groups in total. The van der Waals surface area contributed by atoms with Crippen LogP contribution >= 0.6 is 11.6 Å². The van der Waals surface area contributed by atoms with Gasteiger partial charge >= 0.3 is 12.1 Å². The third-order valence-electron chi connectivity index (χ3n) is 4.30. The maximum absolute atomic E-state index is 12.9. The molecule has 2 rings (SSSR count). The number of hydrogen-bond donors (Lipinski definition) is 2. The van der Waals surface area contributed by atoms with E-state index in [0.29, 0.717) is 5.69 Å². The van der Waals surface area contributed by atoms with E-state index in [9.17, 15) is 14.4 Å². The summed E-state index contributed by atoms with van der Waals surface area (Å²) in [5, 5.41) is 12.0. The van der Waals surface area contributed by atoms with Gasteiger partial charge in [-0.3, -0.25) is 14.5 Å². The van der Waals surface area contributed by atoms with Crippen molar-refractivity contribution in [1.82, 2.24) is 5.32 Å². The van der Waals surface area contributed by atoms with E-state index in [-0.39, 0.29) is 41.9 Å². The molecule has 9 heteroatoms. The number of carboxylic acids is 1. The van der Waals surface area contributed by atoms with Crippen LogP contribution < -0.4 is 15.0 Å². The van der Waals surface area contributed by atoms with Crippen molar-refractivity contribution in [1.29, 1.82) is 0 Å². The third-order valence-corrected chi connectivity index (χ3v) is 4.52. The van der Waals surface area contributed by atoms with Crippen LogP contribution in [-0.4, -0.2) is 47.9 Å². The van der Waals surface area contributed by atoms with E-state index in [4.69, 9.17) is 26.2 Å². The number of nitrogens with zero attached hydrogens (tertiary/aromatic N) is 1. The van der Waals surface area contributed by atoms with Crippen molar-refractivity contribution in [2.45, 2.75) is 59.7 Å². The van der Waals surface area contributed by atoms with E-state index in [0.717, 1.165) is 0 Å². The SMILES string of the molecule is CC1CN(C(=O)OC(C)(C)C)c2cc(Cl)cc(C(=O)NCC(C)(C)CC(=O)O)c2O1. The summed E-state index contributed by atoms with van der Waals surface area (Å²) < 4.78 is 11.4. The van der Waals surface area contributed by atoms with Crippen molar-refractivity contribution in [2.75, 3.05) is 18.0 Å². The third kappa shape index (κ3) is 6.26. The molecule has 1 aliphatic heterocycles. The fourth-order valence-electron chi connectivity index (χ4n) is 3.04. The standard InChI is InChI=1S/C21H29ClN2O6/c1-12-10-24(19(28)30-20(2,3)4)15-8-13(22)7-14(17(15)29-12)18(27)23-11-21(5,6)9-16(25)26/h7-8,12H,9-11H2,1-6H3,(H,23,27)(H,25,26). The smallest absolute Gasteiger partial charge is 0.415 e. The zero-order valence-corrected chi connectivity index (χ0v) is 18.9. The van der Waals surface area contributed by atoms with Crippen LogP contribution in [0.4, 0.5) is 10.5 Å². The van der Waals surface area contributed by atoms with E-state index in [2.05, 4.69) is 5.32 Å². The molecule has 0 saturated heterocycles. The Morgan fingerprint density at radius 3 is 2.47 bits per heavy atom. The Bertz CT molecular complexity index is 847. The molecule has 0 spiro atoms. The first-order valence-corrected chi connectivity index (χ1v) is 10.1. The van der Waals surface area contributed by atoms with Gasteiger partial charge in [0.1, 0.15) is 11.7 Å². The lowest BCUT2D eigenvalue weighted by molar-refractivity contribution is -0.139. The summed E-state index contributed by atoms with van der Waals surface area (Å²) in [6, 6.07) is 3.02. The molecule has 1 aromatic carbocycles. The Morgan fingerprint density at radius 2 is 1.90 bits per heavy atom. The molecule has 1 atom stereocenters. The second-order valence-electron chi connectivity index (χ2n) is 9.24. The maximum Gasteiger partial charge on any atom is 0.415 e. The maximum atomic E-state index is 12.9. The normalized spacial score (nSPS) is 16.4. The molecule has 0 aromatic heterocycles. The Balaban J connectivity index is 2.34. The number of halogens is 1. The van der Waals surface area contributed by atoms with E-state index >= 15 is 0 Å². The number of carboxylic acid groups (broad SMARTS) is 1. The van der Waals surface area contributed by atoms with Crippen molar-refractivity contribution in [2.24, 2.45) is 5.41 Å². The Labute approximate surface area is 181 Å². The first kappa shape index (κ1) is 23.8. The van der Waals surface area contributed by atoms with E-state index in [1.165, 1.54) is 11.0 Å². The van der Waals surface area contributed by atoms with Gasteiger partial charge in [0, 0.05) is 11.6 Å². The van der Waals surface area contributed by atoms with Crippen LogP contribution in [0.3, 0.4) is 0 Å². The quantitative estimate of drug-likeness (QED) is 0.714. The van der Waals surface area contributed by atoms with Crippen LogP contribution in [0.1, 0.15) is 58.3 Å². The fraction of sp³-hybridized carbons (Fsp3) is 0.571. The lowest BCUT2D eigenvalue weighted by Crippen LogP contribution is -2.45. The first-order chi connectivity index (χ1) is 13.7. The molecule has 8 nitrogen and oxygen atoms in total. The van der Waals surface area contributed by atoms with Crippen LogP contribution in [0.2, 0.25) is 5.02 Å². The summed E-state index contributed by atoms with van der Waals surface area (Å²) in [6.45, 7) is 11.0. The Kier molecular flexibility index (Phi) is 6.91. The van der Waals surface area contributed by atoms with Gasteiger partial charge in [-0.25, -0.2) is 4.79 Å².